The fourth-order valence-corrected chi connectivity index (χ4v) is 3.92. The van der Waals surface area contributed by atoms with Gasteiger partial charge in [0.1, 0.15) is 5.75 Å². The molecule has 8 nitrogen and oxygen atoms in total. The number of methoxy groups -OCH3 is 1. The second kappa shape index (κ2) is 10.1. The maximum atomic E-state index is 12.9. The van der Waals surface area contributed by atoms with E-state index >= 15 is 0 Å². The number of benzene rings is 2. The van der Waals surface area contributed by atoms with Crippen LogP contribution in [0, 0.1) is 0 Å². The molecule has 0 bridgehead atoms. The minimum absolute atomic E-state index is 0.0106. The Morgan fingerprint density at radius 2 is 1.82 bits per heavy atom. The Labute approximate surface area is 197 Å². The normalized spacial score (nSPS) is 14.3. The van der Waals surface area contributed by atoms with Crippen LogP contribution in [0.4, 0.5) is 0 Å². The Kier molecular flexibility index (Phi) is 7.05. The number of ether oxygens (including phenoxy) is 1. The van der Waals surface area contributed by atoms with E-state index in [1.54, 1.807) is 37.4 Å². The molecule has 2 aromatic carbocycles. The highest BCUT2D eigenvalue weighted by atomic mass is 35.5. The van der Waals surface area contributed by atoms with E-state index in [1.807, 2.05) is 17.0 Å². The lowest BCUT2D eigenvalue weighted by atomic mass is 10.0. The first-order valence-electron chi connectivity index (χ1n) is 10.7. The maximum Gasteiger partial charge on any atom is 0.241 e. The summed E-state index contributed by atoms with van der Waals surface area (Å²) in [6, 6.07) is 12.5. The van der Waals surface area contributed by atoms with Crippen molar-refractivity contribution >= 4 is 23.3 Å². The number of hydrogen-bond acceptors (Lipinski definition) is 7. The van der Waals surface area contributed by atoms with Gasteiger partial charge in [-0.15, -0.1) is 0 Å². The zero-order valence-electron chi connectivity index (χ0n) is 18.6. The summed E-state index contributed by atoms with van der Waals surface area (Å²) in [6.45, 7) is 4.65. The Hall–Kier alpha value is -3.23. The van der Waals surface area contributed by atoms with Crippen LogP contribution in [0.25, 0.3) is 11.4 Å². The van der Waals surface area contributed by atoms with E-state index in [1.165, 1.54) is 6.92 Å². The quantitative estimate of drug-likeness (QED) is 0.490. The molecule has 0 spiro atoms. The Morgan fingerprint density at radius 3 is 2.48 bits per heavy atom. The number of rotatable bonds is 7. The van der Waals surface area contributed by atoms with Gasteiger partial charge in [0.2, 0.25) is 17.6 Å². The number of halogens is 1. The van der Waals surface area contributed by atoms with Crippen molar-refractivity contribution in [2.45, 2.75) is 19.9 Å². The Morgan fingerprint density at radius 1 is 1.09 bits per heavy atom. The van der Waals surface area contributed by atoms with E-state index < -0.39 is 0 Å². The molecule has 2 heterocycles. The monoisotopic (exact) mass is 468 g/mol. The first kappa shape index (κ1) is 22.9. The van der Waals surface area contributed by atoms with Crippen LogP contribution in [0.3, 0.4) is 0 Å². The van der Waals surface area contributed by atoms with Gasteiger partial charge in [0.25, 0.3) is 0 Å². The number of piperazine rings is 1. The second-order valence-electron chi connectivity index (χ2n) is 7.94. The predicted molar refractivity (Wildman–Crippen MR) is 123 cm³/mol. The summed E-state index contributed by atoms with van der Waals surface area (Å²) in [7, 11) is 1.56. The highest BCUT2D eigenvalue weighted by molar-refractivity contribution is 6.30. The second-order valence-corrected chi connectivity index (χ2v) is 8.37. The average Bonchev–Trinajstić information content (AvgIpc) is 3.28. The number of ketones is 1. The van der Waals surface area contributed by atoms with Crippen LogP contribution in [0.1, 0.15) is 28.7 Å². The zero-order chi connectivity index (χ0) is 23.4. The van der Waals surface area contributed by atoms with Crippen LogP contribution < -0.4 is 4.74 Å². The van der Waals surface area contributed by atoms with Gasteiger partial charge in [0.15, 0.2) is 5.78 Å². The van der Waals surface area contributed by atoms with Crippen LogP contribution in [0.15, 0.2) is 47.0 Å². The summed E-state index contributed by atoms with van der Waals surface area (Å²) in [5.74, 6) is 1.64. The molecule has 4 rings (SSSR count). The third kappa shape index (κ3) is 5.58. The molecular formula is C24H25ClN4O4. The third-order valence-electron chi connectivity index (χ3n) is 5.68. The minimum atomic E-state index is -0.0415. The molecule has 3 aromatic rings. The molecule has 1 aliphatic rings. The number of amides is 1. The van der Waals surface area contributed by atoms with E-state index in [4.69, 9.17) is 20.9 Å². The van der Waals surface area contributed by atoms with Crippen LogP contribution in [0.2, 0.25) is 5.02 Å². The molecule has 172 valence electrons. The topological polar surface area (TPSA) is 88.8 Å². The Bertz CT molecular complexity index is 1140. The number of hydrogen-bond donors (Lipinski definition) is 0. The van der Waals surface area contributed by atoms with Gasteiger partial charge in [0.05, 0.1) is 20.1 Å². The highest BCUT2D eigenvalue weighted by Gasteiger charge is 2.24. The summed E-state index contributed by atoms with van der Waals surface area (Å²) in [6.07, 6.45) is 0.193. The molecule has 1 amide bonds. The van der Waals surface area contributed by atoms with Crippen molar-refractivity contribution in [2.24, 2.45) is 0 Å². The molecule has 0 atom stereocenters. The van der Waals surface area contributed by atoms with Gasteiger partial charge in [-0.3, -0.25) is 14.5 Å². The molecule has 0 saturated carbocycles. The van der Waals surface area contributed by atoms with E-state index in [0.29, 0.717) is 60.8 Å². The number of carbonyl (C=O) groups excluding carboxylic acids is 2. The molecule has 1 fully saturated rings. The van der Waals surface area contributed by atoms with E-state index in [0.717, 1.165) is 11.1 Å². The Balaban J connectivity index is 1.32. The molecular weight excluding hydrogens is 444 g/mol. The zero-order valence-corrected chi connectivity index (χ0v) is 19.3. The summed E-state index contributed by atoms with van der Waals surface area (Å²) in [5, 5.41) is 4.70. The van der Waals surface area contributed by atoms with Crippen molar-refractivity contribution in [3.8, 4) is 17.1 Å². The smallest absolute Gasteiger partial charge is 0.241 e. The standard InChI is InChI=1S/C24H25ClN4O4/c1-16(30)18-5-8-21(32-2)19(13-18)14-23(31)29-11-9-28(10-12-29)15-22-26-24(27-33-22)17-3-6-20(25)7-4-17/h3-8,13H,9-12,14-15H2,1-2H3. The SMILES string of the molecule is COc1ccc(C(C)=O)cc1CC(=O)N1CCN(Cc2nc(-c3ccc(Cl)cc3)no2)CC1. The molecule has 1 aromatic heterocycles. The van der Waals surface area contributed by atoms with Crippen LogP contribution >= 0.6 is 11.6 Å². The molecule has 0 aliphatic carbocycles. The molecule has 1 saturated heterocycles. The number of nitrogens with zero attached hydrogens (tertiary/aromatic N) is 4. The summed E-state index contributed by atoms with van der Waals surface area (Å²) in [4.78, 5) is 33.1. The van der Waals surface area contributed by atoms with E-state index in [2.05, 4.69) is 15.0 Å². The highest BCUT2D eigenvalue weighted by Crippen LogP contribution is 2.22. The summed E-state index contributed by atoms with van der Waals surface area (Å²) < 4.78 is 10.8. The predicted octanol–water partition coefficient (Wildman–Crippen LogP) is 3.49. The molecule has 0 N–H and O–H groups in total. The van der Waals surface area contributed by atoms with Gasteiger partial charge < -0.3 is 14.2 Å². The molecule has 1 aliphatic heterocycles. The number of Topliss-reactive ketones (excluding diaryl/α,β-unsaturated/α-hetero) is 1. The lowest BCUT2D eigenvalue weighted by Crippen LogP contribution is -2.48. The first-order valence-corrected chi connectivity index (χ1v) is 11.1. The molecule has 0 radical (unpaired) electrons. The summed E-state index contributed by atoms with van der Waals surface area (Å²) >= 11 is 5.93. The molecule has 33 heavy (non-hydrogen) atoms. The minimum Gasteiger partial charge on any atom is -0.496 e. The van der Waals surface area contributed by atoms with Crippen molar-refractivity contribution in [3.05, 3.63) is 64.5 Å². The van der Waals surface area contributed by atoms with E-state index in [-0.39, 0.29) is 18.1 Å². The van der Waals surface area contributed by atoms with Crippen molar-refractivity contribution in [1.29, 1.82) is 0 Å². The van der Waals surface area contributed by atoms with Crippen LogP contribution in [-0.4, -0.2) is 64.9 Å². The van der Waals surface area contributed by atoms with Gasteiger partial charge in [-0.2, -0.15) is 4.98 Å². The van der Waals surface area contributed by atoms with Crippen molar-refractivity contribution in [2.75, 3.05) is 33.3 Å². The fraction of sp³-hybridized carbons (Fsp3) is 0.333. The van der Waals surface area contributed by atoms with Crippen molar-refractivity contribution < 1.29 is 18.8 Å². The van der Waals surface area contributed by atoms with E-state index in [9.17, 15) is 9.59 Å². The van der Waals surface area contributed by atoms with Gasteiger partial charge in [-0.05, 0) is 49.4 Å². The van der Waals surface area contributed by atoms with Crippen molar-refractivity contribution in [1.82, 2.24) is 19.9 Å². The van der Waals surface area contributed by atoms with Gasteiger partial charge in [0, 0.05) is 47.9 Å². The fourth-order valence-electron chi connectivity index (χ4n) is 3.79. The van der Waals surface area contributed by atoms with Crippen LogP contribution in [0.5, 0.6) is 5.75 Å². The van der Waals surface area contributed by atoms with Crippen LogP contribution in [-0.2, 0) is 17.8 Å². The summed E-state index contributed by atoms with van der Waals surface area (Å²) in [5.41, 5.74) is 2.13. The maximum absolute atomic E-state index is 12.9. The lowest BCUT2D eigenvalue weighted by molar-refractivity contribution is -0.132. The average molecular weight is 469 g/mol. The van der Waals surface area contributed by atoms with Gasteiger partial charge in [-0.1, -0.05) is 16.8 Å². The molecule has 9 heteroatoms. The number of carbonyl (C=O) groups is 2. The molecule has 0 unspecified atom stereocenters. The van der Waals surface area contributed by atoms with Gasteiger partial charge in [-0.25, -0.2) is 0 Å². The van der Waals surface area contributed by atoms with Gasteiger partial charge >= 0.3 is 0 Å². The largest absolute Gasteiger partial charge is 0.496 e. The third-order valence-corrected chi connectivity index (χ3v) is 5.93. The lowest BCUT2D eigenvalue weighted by Gasteiger charge is -2.34. The first-order chi connectivity index (χ1) is 15.9. The van der Waals surface area contributed by atoms with Crippen molar-refractivity contribution in [3.63, 3.8) is 0 Å². The number of aromatic nitrogens is 2.